The first-order valence-corrected chi connectivity index (χ1v) is 11.1. The third-order valence-corrected chi connectivity index (χ3v) is 6.43. The highest BCUT2D eigenvalue weighted by atomic mass is 16.6. The number of imide groups is 1. The molecule has 174 valence electrons. The highest BCUT2D eigenvalue weighted by molar-refractivity contribution is 6.02. The van der Waals surface area contributed by atoms with Crippen LogP contribution in [0.25, 0.3) is 0 Å². The van der Waals surface area contributed by atoms with E-state index in [1.165, 1.54) is 0 Å². The van der Waals surface area contributed by atoms with Crippen molar-refractivity contribution < 1.29 is 19.1 Å². The summed E-state index contributed by atoms with van der Waals surface area (Å²) in [5.74, 6) is -0.462. The minimum Gasteiger partial charge on any atom is -0.444 e. The molecule has 2 N–H and O–H groups in total. The molecule has 3 aliphatic rings. The molecule has 1 atom stereocenters. The van der Waals surface area contributed by atoms with E-state index < -0.39 is 5.60 Å². The lowest BCUT2D eigenvalue weighted by Gasteiger charge is -2.60. The standard InChI is InChI=1S/C23H33N5O4/c1-22(2,3)32-21(31)28-13-23(14-28)11-27(12-23)15-6-7-17(16(10-15)24-4)26(5)18-8-9-19(29)25-20(18)30/h6-7,10,18,24H,8-9,11-14H2,1-5H3,(H,25,29,30). The molecule has 0 saturated carbocycles. The fourth-order valence-corrected chi connectivity index (χ4v) is 4.81. The summed E-state index contributed by atoms with van der Waals surface area (Å²) in [6, 6.07) is 5.81. The van der Waals surface area contributed by atoms with Gasteiger partial charge in [-0.05, 0) is 45.4 Å². The minimum absolute atomic E-state index is 0.152. The summed E-state index contributed by atoms with van der Waals surface area (Å²) in [5, 5.41) is 5.66. The topological polar surface area (TPSA) is 94.2 Å². The van der Waals surface area contributed by atoms with Gasteiger partial charge in [-0.1, -0.05) is 0 Å². The molecule has 1 aromatic rings. The Hall–Kier alpha value is -2.97. The molecule has 0 bridgehead atoms. The van der Waals surface area contributed by atoms with E-state index in [1.54, 1.807) is 4.90 Å². The van der Waals surface area contributed by atoms with Crippen molar-refractivity contribution in [2.24, 2.45) is 5.41 Å². The van der Waals surface area contributed by atoms with E-state index in [-0.39, 0.29) is 29.4 Å². The first kappa shape index (κ1) is 22.2. The Bertz CT molecular complexity index is 927. The van der Waals surface area contributed by atoms with E-state index in [0.29, 0.717) is 12.8 Å². The molecule has 1 aromatic carbocycles. The summed E-state index contributed by atoms with van der Waals surface area (Å²) < 4.78 is 5.46. The SMILES string of the molecule is CNc1cc(N2CC3(CN(C(=O)OC(C)(C)C)C3)C2)ccc1N(C)C1CCC(=O)NC1=O. The molecule has 3 saturated heterocycles. The van der Waals surface area contributed by atoms with E-state index in [0.717, 1.165) is 43.2 Å². The van der Waals surface area contributed by atoms with Crippen LogP contribution in [0.2, 0.25) is 0 Å². The van der Waals surface area contributed by atoms with Crippen LogP contribution in [0.1, 0.15) is 33.6 Å². The van der Waals surface area contributed by atoms with Crippen molar-refractivity contribution >= 4 is 35.0 Å². The number of hydrogen-bond donors (Lipinski definition) is 2. The lowest BCUT2D eigenvalue weighted by molar-refractivity contribution is -0.134. The molecule has 3 fully saturated rings. The van der Waals surface area contributed by atoms with Gasteiger partial charge >= 0.3 is 6.09 Å². The zero-order valence-electron chi connectivity index (χ0n) is 19.5. The highest BCUT2D eigenvalue weighted by Gasteiger charge is 2.54. The van der Waals surface area contributed by atoms with Crippen molar-refractivity contribution in [3.05, 3.63) is 18.2 Å². The Morgan fingerprint density at radius 3 is 2.50 bits per heavy atom. The van der Waals surface area contributed by atoms with Gasteiger partial charge in [0.25, 0.3) is 0 Å². The maximum Gasteiger partial charge on any atom is 0.410 e. The molecule has 3 aliphatic heterocycles. The number of amides is 3. The smallest absolute Gasteiger partial charge is 0.410 e. The normalized spacial score (nSPS) is 22.1. The summed E-state index contributed by atoms with van der Waals surface area (Å²) in [7, 11) is 3.75. The second kappa shape index (κ2) is 7.86. The summed E-state index contributed by atoms with van der Waals surface area (Å²) in [5.41, 5.74) is 2.63. The van der Waals surface area contributed by atoms with Gasteiger partial charge in [0.15, 0.2) is 0 Å². The third kappa shape index (κ3) is 4.20. The molecule has 9 heteroatoms. The molecule has 32 heavy (non-hydrogen) atoms. The van der Waals surface area contributed by atoms with Crippen LogP contribution >= 0.6 is 0 Å². The second-order valence-electron chi connectivity index (χ2n) is 10.2. The van der Waals surface area contributed by atoms with Crippen molar-refractivity contribution in [2.75, 3.05) is 55.4 Å². The van der Waals surface area contributed by atoms with Gasteiger partial charge < -0.3 is 24.8 Å². The van der Waals surface area contributed by atoms with Crippen molar-refractivity contribution in [3.8, 4) is 0 Å². The van der Waals surface area contributed by atoms with Crippen LogP contribution in [-0.4, -0.2) is 74.7 Å². The van der Waals surface area contributed by atoms with Crippen LogP contribution in [0.4, 0.5) is 21.9 Å². The summed E-state index contributed by atoms with van der Waals surface area (Å²) in [4.78, 5) is 42.0. The molecule has 0 radical (unpaired) electrons. The van der Waals surface area contributed by atoms with Gasteiger partial charge in [-0.2, -0.15) is 0 Å². The van der Waals surface area contributed by atoms with E-state index in [4.69, 9.17) is 4.74 Å². The van der Waals surface area contributed by atoms with E-state index in [2.05, 4.69) is 27.7 Å². The molecule has 9 nitrogen and oxygen atoms in total. The van der Waals surface area contributed by atoms with E-state index >= 15 is 0 Å². The molecular weight excluding hydrogens is 410 g/mol. The number of rotatable bonds is 4. The Morgan fingerprint density at radius 2 is 1.91 bits per heavy atom. The fraction of sp³-hybridized carbons (Fsp3) is 0.609. The third-order valence-electron chi connectivity index (χ3n) is 6.43. The average molecular weight is 444 g/mol. The number of nitrogens with zero attached hydrogens (tertiary/aromatic N) is 3. The maximum atomic E-state index is 12.3. The van der Waals surface area contributed by atoms with Crippen LogP contribution in [0.3, 0.4) is 0 Å². The number of carbonyl (C=O) groups is 3. The van der Waals surface area contributed by atoms with Gasteiger partial charge in [0.2, 0.25) is 11.8 Å². The Labute approximate surface area is 189 Å². The molecular formula is C23H33N5O4. The number of piperidine rings is 1. The highest BCUT2D eigenvalue weighted by Crippen LogP contribution is 2.43. The van der Waals surface area contributed by atoms with Crippen molar-refractivity contribution in [1.29, 1.82) is 0 Å². The number of ether oxygens (including phenoxy) is 1. The van der Waals surface area contributed by atoms with Gasteiger partial charge in [-0.3, -0.25) is 14.9 Å². The van der Waals surface area contributed by atoms with Gasteiger partial charge in [-0.25, -0.2) is 4.79 Å². The Morgan fingerprint density at radius 1 is 1.22 bits per heavy atom. The van der Waals surface area contributed by atoms with Crippen molar-refractivity contribution in [1.82, 2.24) is 10.2 Å². The predicted octanol–water partition coefficient (Wildman–Crippen LogP) is 2.03. The van der Waals surface area contributed by atoms with Crippen molar-refractivity contribution in [2.45, 2.75) is 45.3 Å². The molecule has 1 unspecified atom stereocenters. The summed E-state index contributed by atoms with van der Waals surface area (Å²) >= 11 is 0. The number of anilines is 3. The zero-order chi connectivity index (χ0) is 23.3. The number of benzene rings is 1. The number of carbonyl (C=O) groups excluding carboxylic acids is 3. The number of likely N-dealkylation sites (tertiary alicyclic amines) is 1. The van der Waals surface area contributed by atoms with Gasteiger partial charge in [0.05, 0.1) is 11.4 Å². The molecule has 3 heterocycles. The summed E-state index contributed by atoms with van der Waals surface area (Å²) in [6.07, 6.45) is 0.624. The number of hydrogen-bond acceptors (Lipinski definition) is 7. The monoisotopic (exact) mass is 443 g/mol. The van der Waals surface area contributed by atoms with Crippen molar-refractivity contribution in [3.63, 3.8) is 0 Å². The number of nitrogens with one attached hydrogen (secondary N) is 2. The molecule has 3 amide bonds. The fourth-order valence-electron chi connectivity index (χ4n) is 4.81. The van der Waals surface area contributed by atoms with E-state index in [1.807, 2.05) is 45.8 Å². The maximum absolute atomic E-state index is 12.3. The molecule has 0 aromatic heterocycles. The van der Waals surface area contributed by atoms with Crippen LogP contribution in [0.15, 0.2) is 18.2 Å². The minimum atomic E-state index is -0.474. The molecule has 1 spiro atoms. The largest absolute Gasteiger partial charge is 0.444 e. The predicted molar refractivity (Wildman–Crippen MR) is 123 cm³/mol. The lowest BCUT2D eigenvalue weighted by Crippen LogP contribution is -2.73. The van der Waals surface area contributed by atoms with Gasteiger partial charge in [0, 0.05) is 57.8 Å². The zero-order valence-corrected chi connectivity index (χ0v) is 19.5. The second-order valence-corrected chi connectivity index (χ2v) is 10.2. The average Bonchev–Trinajstić information content (AvgIpc) is 2.63. The van der Waals surface area contributed by atoms with Crippen LogP contribution in [0.5, 0.6) is 0 Å². The quantitative estimate of drug-likeness (QED) is 0.688. The summed E-state index contributed by atoms with van der Waals surface area (Å²) in [6.45, 7) is 8.90. The first-order valence-electron chi connectivity index (χ1n) is 11.1. The van der Waals surface area contributed by atoms with Crippen LogP contribution in [-0.2, 0) is 14.3 Å². The Kier molecular flexibility index (Phi) is 5.46. The molecule has 4 rings (SSSR count). The Balaban J connectivity index is 1.37. The van der Waals surface area contributed by atoms with Crippen LogP contribution in [0, 0.1) is 5.41 Å². The van der Waals surface area contributed by atoms with Gasteiger partial charge in [-0.15, -0.1) is 0 Å². The molecule has 0 aliphatic carbocycles. The number of likely N-dealkylation sites (N-methyl/N-ethyl adjacent to an activating group) is 1. The van der Waals surface area contributed by atoms with E-state index in [9.17, 15) is 14.4 Å². The lowest BCUT2D eigenvalue weighted by atomic mass is 9.73. The van der Waals surface area contributed by atoms with Crippen LogP contribution < -0.4 is 20.4 Å². The van der Waals surface area contributed by atoms with Gasteiger partial charge in [0.1, 0.15) is 11.6 Å². The first-order chi connectivity index (χ1) is 15.0.